The number of hydrogen-bond donors (Lipinski definition) is 0. The van der Waals surface area contributed by atoms with Gasteiger partial charge in [-0.3, -0.25) is 9.36 Å². The summed E-state index contributed by atoms with van der Waals surface area (Å²) in [6, 6.07) is 1.76. The quantitative estimate of drug-likeness (QED) is 0.644. The van der Waals surface area contributed by atoms with E-state index in [1.54, 1.807) is 13.8 Å². The maximum absolute atomic E-state index is 11.5. The van der Waals surface area contributed by atoms with Gasteiger partial charge < -0.3 is 4.74 Å². The fraction of sp³-hybridized carbons (Fsp3) is 0.400. The van der Waals surface area contributed by atoms with Crippen molar-refractivity contribution in [2.75, 3.05) is 7.11 Å². The van der Waals surface area contributed by atoms with Crippen LogP contribution in [0.3, 0.4) is 0 Å². The average molecular weight is 192 g/mol. The van der Waals surface area contributed by atoms with Gasteiger partial charge in [0.1, 0.15) is 0 Å². The second-order valence-corrected chi connectivity index (χ2v) is 2.74. The number of rotatable bonds is 2. The molecule has 4 nitrogen and oxygen atoms in total. The lowest BCUT2D eigenvalue weighted by atomic mass is 10.4. The highest BCUT2D eigenvalue weighted by molar-refractivity contribution is 5.09. The van der Waals surface area contributed by atoms with Crippen LogP contribution in [0.25, 0.3) is 0 Å². The first-order valence-corrected chi connectivity index (χ1v) is 4.21. The van der Waals surface area contributed by atoms with Gasteiger partial charge in [-0.25, -0.2) is 4.98 Å². The molecular weight excluding hydrogens is 180 g/mol. The number of methoxy groups -OCH3 is 1. The fourth-order valence-corrected chi connectivity index (χ4v) is 1.05. The first-order chi connectivity index (χ1) is 6.69. The summed E-state index contributed by atoms with van der Waals surface area (Å²) in [6.07, 6.45) is 0. The lowest BCUT2D eigenvalue weighted by molar-refractivity contribution is 0.351. The number of hydrogen-bond acceptors (Lipinski definition) is 3. The molecule has 0 aliphatic rings. The molecule has 0 spiro atoms. The van der Waals surface area contributed by atoms with Crippen molar-refractivity contribution in [1.29, 1.82) is 0 Å². The highest BCUT2D eigenvalue weighted by Crippen LogP contribution is 2.02. The maximum atomic E-state index is 11.5. The van der Waals surface area contributed by atoms with E-state index >= 15 is 0 Å². The zero-order valence-electron chi connectivity index (χ0n) is 8.50. The predicted molar refractivity (Wildman–Crippen MR) is 53.2 cm³/mol. The van der Waals surface area contributed by atoms with Crippen LogP contribution in [0.15, 0.2) is 10.9 Å². The van der Waals surface area contributed by atoms with Crippen LogP contribution in [0, 0.1) is 18.8 Å². The van der Waals surface area contributed by atoms with Crippen molar-refractivity contribution in [3.63, 3.8) is 0 Å². The van der Waals surface area contributed by atoms with Crippen LogP contribution in [0.2, 0.25) is 0 Å². The molecule has 0 radical (unpaired) electrons. The van der Waals surface area contributed by atoms with Crippen molar-refractivity contribution < 1.29 is 4.74 Å². The lowest BCUT2D eigenvalue weighted by Crippen LogP contribution is -2.22. The molecule has 0 bridgehead atoms. The first-order valence-electron chi connectivity index (χ1n) is 4.21. The summed E-state index contributed by atoms with van der Waals surface area (Å²) >= 11 is 0. The molecule has 4 heteroatoms. The number of nitrogens with zero attached hydrogens (tertiary/aromatic N) is 2. The maximum Gasteiger partial charge on any atom is 0.299 e. The number of ether oxygens (including phenoxy) is 1. The zero-order chi connectivity index (χ0) is 10.6. The molecule has 0 saturated heterocycles. The highest BCUT2D eigenvalue weighted by atomic mass is 16.5. The molecule has 0 aromatic carbocycles. The van der Waals surface area contributed by atoms with E-state index in [1.165, 1.54) is 17.7 Å². The van der Waals surface area contributed by atoms with E-state index in [-0.39, 0.29) is 5.56 Å². The molecule has 1 rings (SSSR count). The van der Waals surface area contributed by atoms with Crippen molar-refractivity contribution in [2.45, 2.75) is 20.4 Å². The SMILES string of the molecule is CC#CCn1c(OC)nc(C)cc1=O. The molecule has 0 saturated carbocycles. The van der Waals surface area contributed by atoms with Gasteiger partial charge in [0.2, 0.25) is 0 Å². The van der Waals surface area contributed by atoms with Crippen LogP contribution in [-0.4, -0.2) is 16.7 Å². The van der Waals surface area contributed by atoms with Gasteiger partial charge in [0, 0.05) is 11.8 Å². The molecule has 1 aromatic rings. The molecule has 0 amide bonds. The third-order valence-electron chi connectivity index (χ3n) is 1.70. The van der Waals surface area contributed by atoms with Gasteiger partial charge in [0.25, 0.3) is 11.6 Å². The molecule has 0 aliphatic heterocycles. The van der Waals surface area contributed by atoms with Crippen molar-refractivity contribution >= 4 is 0 Å². The molecule has 0 atom stereocenters. The van der Waals surface area contributed by atoms with Crippen molar-refractivity contribution in [3.05, 3.63) is 22.1 Å². The van der Waals surface area contributed by atoms with E-state index in [4.69, 9.17) is 4.74 Å². The van der Waals surface area contributed by atoms with Gasteiger partial charge in [-0.1, -0.05) is 5.92 Å². The van der Waals surface area contributed by atoms with E-state index < -0.39 is 0 Å². The van der Waals surface area contributed by atoms with Crippen molar-refractivity contribution in [2.24, 2.45) is 0 Å². The van der Waals surface area contributed by atoms with Crippen LogP contribution in [0.5, 0.6) is 6.01 Å². The van der Waals surface area contributed by atoms with Crippen molar-refractivity contribution in [1.82, 2.24) is 9.55 Å². The third-order valence-corrected chi connectivity index (χ3v) is 1.70. The Morgan fingerprint density at radius 2 is 2.36 bits per heavy atom. The average Bonchev–Trinajstić information content (AvgIpc) is 2.15. The summed E-state index contributed by atoms with van der Waals surface area (Å²) < 4.78 is 6.38. The summed E-state index contributed by atoms with van der Waals surface area (Å²) in [6.45, 7) is 3.78. The predicted octanol–water partition coefficient (Wildman–Crippen LogP) is 0.584. The monoisotopic (exact) mass is 192 g/mol. The molecule has 14 heavy (non-hydrogen) atoms. The Bertz CT molecular complexity index is 438. The summed E-state index contributed by atoms with van der Waals surface area (Å²) in [7, 11) is 1.48. The minimum absolute atomic E-state index is 0.142. The van der Waals surface area contributed by atoms with Gasteiger partial charge in [-0.2, -0.15) is 0 Å². The minimum Gasteiger partial charge on any atom is -0.468 e. The Morgan fingerprint density at radius 1 is 1.64 bits per heavy atom. The molecule has 0 N–H and O–H groups in total. The van der Waals surface area contributed by atoms with Crippen LogP contribution in [0.1, 0.15) is 12.6 Å². The smallest absolute Gasteiger partial charge is 0.299 e. The summed E-state index contributed by atoms with van der Waals surface area (Å²) in [4.78, 5) is 15.6. The normalized spacial score (nSPS) is 9.07. The van der Waals surface area contributed by atoms with Gasteiger partial charge in [0.05, 0.1) is 13.7 Å². The van der Waals surface area contributed by atoms with Crippen LogP contribution in [0.4, 0.5) is 0 Å². The van der Waals surface area contributed by atoms with Crippen LogP contribution < -0.4 is 10.3 Å². The summed E-state index contributed by atoms with van der Waals surface area (Å²) in [5.74, 6) is 5.51. The molecule has 0 aliphatic carbocycles. The largest absolute Gasteiger partial charge is 0.468 e. The van der Waals surface area contributed by atoms with Crippen LogP contribution >= 0.6 is 0 Å². The Kier molecular flexibility index (Phi) is 3.29. The zero-order valence-corrected chi connectivity index (χ0v) is 8.50. The Labute approximate surface area is 82.5 Å². The minimum atomic E-state index is -0.142. The molecule has 0 unspecified atom stereocenters. The molecular formula is C10H12N2O2. The standard InChI is InChI=1S/C10H12N2O2/c1-4-5-6-12-9(13)7-8(2)11-10(12)14-3/h7H,6H2,1-3H3. The van der Waals surface area contributed by atoms with E-state index in [1.807, 2.05) is 0 Å². The Hall–Kier alpha value is -1.76. The molecule has 74 valence electrons. The second-order valence-electron chi connectivity index (χ2n) is 2.74. The lowest BCUT2D eigenvalue weighted by Gasteiger charge is -2.07. The van der Waals surface area contributed by atoms with Gasteiger partial charge in [-0.05, 0) is 13.8 Å². The van der Waals surface area contributed by atoms with Gasteiger partial charge in [-0.15, -0.1) is 5.92 Å². The Balaban J connectivity index is 3.23. The van der Waals surface area contributed by atoms with Gasteiger partial charge >= 0.3 is 0 Å². The van der Waals surface area contributed by atoms with Crippen molar-refractivity contribution in [3.8, 4) is 17.9 Å². The van der Waals surface area contributed by atoms with Gasteiger partial charge in [0.15, 0.2) is 0 Å². The second kappa shape index (κ2) is 4.47. The van der Waals surface area contributed by atoms with E-state index in [0.29, 0.717) is 18.2 Å². The fourth-order valence-electron chi connectivity index (χ4n) is 1.05. The third kappa shape index (κ3) is 2.13. The molecule has 1 aromatic heterocycles. The van der Waals surface area contributed by atoms with E-state index in [2.05, 4.69) is 16.8 Å². The molecule has 1 heterocycles. The highest BCUT2D eigenvalue weighted by Gasteiger charge is 2.04. The number of aryl methyl sites for hydroxylation is 1. The summed E-state index contributed by atoms with van der Waals surface area (Å²) in [5, 5.41) is 0. The number of aromatic nitrogens is 2. The molecule has 0 fully saturated rings. The first kappa shape index (κ1) is 10.3. The van der Waals surface area contributed by atoms with E-state index in [9.17, 15) is 4.79 Å². The Morgan fingerprint density at radius 3 is 2.93 bits per heavy atom. The topological polar surface area (TPSA) is 44.1 Å². The summed E-state index contributed by atoms with van der Waals surface area (Å²) in [5.41, 5.74) is 0.504. The van der Waals surface area contributed by atoms with Crippen LogP contribution in [-0.2, 0) is 6.54 Å². The van der Waals surface area contributed by atoms with E-state index in [0.717, 1.165) is 0 Å².